The summed E-state index contributed by atoms with van der Waals surface area (Å²) in [7, 11) is -3.75. The maximum atomic E-state index is 13.1. The molecule has 0 N–H and O–H groups in total. The van der Waals surface area contributed by atoms with Crippen LogP contribution in [0.25, 0.3) is 0 Å². The molecule has 33 heavy (non-hydrogen) atoms. The third-order valence-corrected chi connectivity index (χ3v) is 5.98. The van der Waals surface area contributed by atoms with Crippen LogP contribution in [-0.4, -0.2) is 38.4 Å². The molecule has 0 radical (unpaired) electrons. The molecule has 9 heteroatoms. The zero-order valence-corrected chi connectivity index (χ0v) is 20.3. The van der Waals surface area contributed by atoms with E-state index in [-0.39, 0.29) is 19.8 Å². The molecule has 0 spiro atoms. The number of carbonyl (C=O) groups is 2. The lowest BCUT2D eigenvalue weighted by molar-refractivity contribution is -0.138. The van der Waals surface area contributed by atoms with Crippen LogP contribution in [0.1, 0.15) is 49.7 Å². The predicted molar refractivity (Wildman–Crippen MR) is 125 cm³/mol. The summed E-state index contributed by atoms with van der Waals surface area (Å²) >= 11 is 0. The van der Waals surface area contributed by atoms with Gasteiger partial charge in [-0.1, -0.05) is 37.4 Å². The number of phosphoric acid groups is 1. The van der Waals surface area contributed by atoms with Crippen LogP contribution in [0.3, 0.4) is 0 Å². The number of esters is 2. The highest BCUT2D eigenvalue weighted by atomic mass is 31.2. The number of benzene rings is 1. The molecule has 0 saturated heterocycles. The molecule has 0 aliphatic carbocycles. The van der Waals surface area contributed by atoms with Gasteiger partial charge in [-0.25, -0.2) is 14.2 Å². The molecule has 1 rings (SSSR count). The number of rotatable bonds is 19. The summed E-state index contributed by atoms with van der Waals surface area (Å²) in [6.45, 7) is 9.72. The van der Waals surface area contributed by atoms with Crippen molar-refractivity contribution in [2.45, 2.75) is 52.1 Å². The Morgan fingerprint density at radius 3 is 1.76 bits per heavy atom. The van der Waals surface area contributed by atoms with E-state index >= 15 is 0 Å². The number of unbranched alkanes of at least 4 members (excludes halogenated alkanes) is 4. The Bertz CT molecular complexity index is 754. The van der Waals surface area contributed by atoms with Gasteiger partial charge in [0, 0.05) is 12.2 Å². The molecule has 0 atom stereocenters. The number of phosphoric ester groups is 1. The summed E-state index contributed by atoms with van der Waals surface area (Å²) in [6.07, 6.45) is 6.25. The average molecular weight is 483 g/mol. The van der Waals surface area contributed by atoms with Crippen molar-refractivity contribution in [3.05, 3.63) is 60.7 Å². The number of carbonyl (C=O) groups excluding carboxylic acids is 2. The van der Waals surface area contributed by atoms with Crippen molar-refractivity contribution in [3.63, 3.8) is 0 Å². The standard InChI is InChI=1S/C24H35O8P/c1-4-23(25)28-16-10-6-12-18-30-33(27,32-20-22-15-9-8-14-21(22)3)31-19-13-7-11-17-29-24(26)5-2/h4-5,8-9,14-15H,1-2,6-7,10-13,16-20H2,3H3. The molecule has 184 valence electrons. The van der Waals surface area contributed by atoms with E-state index in [1.807, 2.05) is 31.2 Å². The van der Waals surface area contributed by atoms with Gasteiger partial charge in [-0.15, -0.1) is 0 Å². The minimum absolute atomic E-state index is 0.110. The van der Waals surface area contributed by atoms with Crippen LogP contribution in [0.15, 0.2) is 49.6 Å². The molecule has 8 nitrogen and oxygen atoms in total. The largest absolute Gasteiger partial charge is 0.475 e. The quantitative estimate of drug-likeness (QED) is 0.111. The Morgan fingerprint density at radius 2 is 1.27 bits per heavy atom. The predicted octanol–water partition coefficient (Wildman–Crippen LogP) is 5.45. The topological polar surface area (TPSA) is 97.4 Å². The average Bonchev–Trinajstić information content (AvgIpc) is 2.82. The van der Waals surface area contributed by atoms with Gasteiger partial charge >= 0.3 is 19.8 Å². The first-order chi connectivity index (χ1) is 15.9. The van der Waals surface area contributed by atoms with Crippen molar-refractivity contribution < 1.29 is 37.2 Å². The fourth-order valence-corrected chi connectivity index (χ4v) is 3.84. The monoisotopic (exact) mass is 482 g/mol. The van der Waals surface area contributed by atoms with Crippen molar-refractivity contribution in [2.75, 3.05) is 26.4 Å². The van der Waals surface area contributed by atoms with Gasteiger partial charge in [0.05, 0.1) is 33.0 Å². The maximum Gasteiger partial charge on any atom is 0.475 e. The van der Waals surface area contributed by atoms with Crippen LogP contribution < -0.4 is 0 Å². The van der Waals surface area contributed by atoms with Crippen LogP contribution in [-0.2, 0) is 43.8 Å². The summed E-state index contributed by atoms with van der Waals surface area (Å²) in [5.74, 6) is -0.903. The van der Waals surface area contributed by atoms with Crippen molar-refractivity contribution in [1.82, 2.24) is 0 Å². The van der Waals surface area contributed by atoms with E-state index in [0.717, 1.165) is 36.1 Å². The molecule has 1 aromatic carbocycles. The zero-order chi connectivity index (χ0) is 24.4. The summed E-state index contributed by atoms with van der Waals surface area (Å²) in [5, 5.41) is 0. The van der Waals surface area contributed by atoms with Crippen LogP contribution in [0.2, 0.25) is 0 Å². The SMILES string of the molecule is C=CC(=O)OCCCCCOP(=O)(OCCCCCOC(=O)C=C)OCc1ccccc1C. The highest BCUT2D eigenvalue weighted by Gasteiger charge is 2.26. The lowest BCUT2D eigenvalue weighted by atomic mass is 10.1. The smallest absolute Gasteiger partial charge is 0.463 e. The van der Waals surface area contributed by atoms with E-state index in [2.05, 4.69) is 13.2 Å². The Morgan fingerprint density at radius 1 is 0.788 bits per heavy atom. The van der Waals surface area contributed by atoms with Gasteiger partial charge in [0.1, 0.15) is 0 Å². The number of ether oxygens (including phenoxy) is 2. The maximum absolute atomic E-state index is 13.1. The number of aryl methyl sites for hydroxylation is 1. The summed E-state index contributed by atoms with van der Waals surface area (Å²) in [5.41, 5.74) is 1.92. The molecule has 0 bridgehead atoms. The first-order valence-electron chi connectivity index (χ1n) is 11.1. The van der Waals surface area contributed by atoms with Crippen molar-refractivity contribution in [1.29, 1.82) is 0 Å². The minimum Gasteiger partial charge on any atom is -0.463 e. The Labute approximate surface area is 196 Å². The molecule has 0 amide bonds. The summed E-state index contributed by atoms with van der Waals surface area (Å²) < 4.78 is 39.6. The van der Waals surface area contributed by atoms with Gasteiger partial charge in [0.2, 0.25) is 0 Å². The van der Waals surface area contributed by atoms with E-state index in [0.29, 0.717) is 38.9 Å². The fraction of sp³-hybridized carbons (Fsp3) is 0.500. The summed E-state index contributed by atoms with van der Waals surface area (Å²) in [6, 6.07) is 7.65. The third kappa shape index (κ3) is 13.8. The molecule has 0 unspecified atom stereocenters. The fourth-order valence-electron chi connectivity index (χ4n) is 2.61. The van der Waals surface area contributed by atoms with Crippen LogP contribution in [0.5, 0.6) is 0 Å². The molecule has 1 aromatic rings. The second-order valence-electron chi connectivity index (χ2n) is 7.18. The Balaban J connectivity index is 2.42. The first-order valence-corrected chi connectivity index (χ1v) is 12.5. The first kappa shape index (κ1) is 28.8. The van der Waals surface area contributed by atoms with Gasteiger partial charge in [0.25, 0.3) is 0 Å². The molecule has 0 fully saturated rings. The summed E-state index contributed by atoms with van der Waals surface area (Å²) in [4.78, 5) is 22.0. The molecule has 0 aromatic heterocycles. The number of hydrogen-bond donors (Lipinski definition) is 0. The van der Waals surface area contributed by atoms with E-state index in [9.17, 15) is 14.2 Å². The van der Waals surface area contributed by atoms with Gasteiger partial charge in [0.15, 0.2) is 0 Å². The van der Waals surface area contributed by atoms with E-state index in [1.165, 1.54) is 0 Å². The number of hydrogen-bond acceptors (Lipinski definition) is 8. The molecule has 0 aliphatic heterocycles. The molecule has 0 aliphatic rings. The molecule has 0 heterocycles. The van der Waals surface area contributed by atoms with E-state index in [4.69, 9.17) is 23.0 Å². The van der Waals surface area contributed by atoms with Crippen molar-refractivity contribution >= 4 is 19.8 Å². The molecular formula is C24H35O8P. The van der Waals surface area contributed by atoms with Crippen molar-refractivity contribution in [2.24, 2.45) is 0 Å². The van der Waals surface area contributed by atoms with Crippen LogP contribution >= 0.6 is 7.82 Å². The van der Waals surface area contributed by atoms with Crippen LogP contribution in [0.4, 0.5) is 0 Å². The van der Waals surface area contributed by atoms with E-state index < -0.39 is 19.8 Å². The lowest BCUT2D eigenvalue weighted by Crippen LogP contribution is -2.05. The third-order valence-electron chi connectivity index (χ3n) is 4.54. The highest BCUT2D eigenvalue weighted by molar-refractivity contribution is 7.48. The zero-order valence-electron chi connectivity index (χ0n) is 19.4. The molecule has 0 saturated carbocycles. The van der Waals surface area contributed by atoms with Crippen LogP contribution in [0, 0.1) is 6.92 Å². The Hall–Kier alpha value is -2.25. The molecular weight excluding hydrogens is 447 g/mol. The highest BCUT2D eigenvalue weighted by Crippen LogP contribution is 2.50. The van der Waals surface area contributed by atoms with E-state index in [1.54, 1.807) is 0 Å². The lowest BCUT2D eigenvalue weighted by Gasteiger charge is -2.19. The second-order valence-corrected chi connectivity index (χ2v) is 8.85. The van der Waals surface area contributed by atoms with Gasteiger partial charge < -0.3 is 9.47 Å². The Kier molecular flexibility index (Phi) is 15.1. The van der Waals surface area contributed by atoms with Gasteiger partial charge in [-0.3, -0.25) is 13.6 Å². The normalized spacial score (nSPS) is 11.1. The second kappa shape index (κ2) is 17.3. The van der Waals surface area contributed by atoms with Gasteiger partial charge in [-0.05, 0) is 56.6 Å². The van der Waals surface area contributed by atoms with Gasteiger partial charge in [-0.2, -0.15) is 0 Å². The minimum atomic E-state index is -3.75. The van der Waals surface area contributed by atoms with Crippen molar-refractivity contribution in [3.8, 4) is 0 Å².